The first kappa shape index (κ1) is 46.0. The topological polar surface area (TPSA) is 131 Å². The molecule has 0 aromatic heterocycles. The van der Waals surface area contributed by atoms with Gasteiger partial charge < -0.3 is 21.1 Å². The van der Waals surface area contributed by atoms with Gasteiger partial charge in [-0.05, 0) is 44.9 Å². The maximum atomic E-state index is 12.7. The highest BCUT2D eigenvalue weighted by Crippen LogP contribution is 2.43. The number of carbonyl (C=O) groups excluding carboxylic acids is 1. The summed E-state index contributed by atoms with van der Waals surface area (Å²) in [4.78, 5) is 22.6. The Kier molecular flexibility index (Phi) is 34.1. The first-order valence-electron chi connectivity index (χ1n) is 19.5. The van der Waals surface area contributed by atoms with E-state index < -0.39 is 20.0 Å². The van der Waals surface area contributed by atoms with Crippen LogP contribution in [0.5, 0.6) is 0 Å². The molecule has 0 aliphatic rings. The lowest BCUT2D eigenvalue weighted by Crippen LogP contribution is -2.45. The second-order valence-electron chi connectivity index (χ2n) is 13.1. The minimum absolute atomic E-state index is 0.0778. The van der Waals surface area contributed by atoms with E-state index in [1.54, 1.807) is 6.08 Å². The van der Waals surface area contributed by atoms with Crippen LogP contribution in [0.15, 0.2) is 24.3 Å². The van der Waals surface area contributed by atoms with Gasteiger partial charge in [0.25, 0.3) is 0 Å². The van der Waals surface area contributed by atoms with Crippen molar-refractivity contribution in [3.05, 3.63) is 24.3 Å². The number of aliphatic hydroxyl groups is 1. The van der Waals surface area contributed by atoms with E-state index in [4.69, 9.17) is 14.8 Å². The fourth-order valence-corrected chi connectivity index (χ4v) is 6.30. The quantitative estimate of drug-likeness (QED) is 0.0293. The summed E-state index contributed by atoms with van der Waals surface area (Å²) in [5.74, 6) is -0.204. The molecular formula is C38H75N2O6P. The van der Waals surface area contributed by atoms with Gasteiger partial charge in [-0.25, -0.2) is 4.57 Å². The number of rotatable bonds is 36. The number of nitrogens with one attached hydrogen (secondary N) is 1. The lowest BCUT2D eigenvalue weighted by Gasteiger charge is -2.23. The van der Waals surface area contributed by atoms with Crippen molar-refractivity contribution < 1.29 is 28.4 Å². The van der Waals surface area contributed by atoms with Gasteiger partial charge in [0.2, 0.25) is 5.91 Å². The molecule has 0 fully saturated rings. The minimum Gasteiger partial charge on any atom is -0.387 e. The van der Waals surface area contributed by atoms with Crippen molar-refractivity contribution in [3.63, 3.8) is 0 Å². The molecule has 278 valence electrons. The van der Waals surface area contributed by atoms with Crippen molar-refractivity contribution >= 4 is 13.7 Å². The van der Waals surface area contributed by atoms with E-state index in [-0.39, 0.29) is 25.7 Å². The predicted octanol–water partition coefficient (Wildman–Crippen LogP) is 10.2. The molecule has 3 unspecified atom stereocenters. The average molecular weight is 687 g/mol. The average Bonchev–Trinajstić information content (AvgIpc) is 3.05. The van der Waals surface area contributed by atoms with Crippen LogP contribution in [0.3, 0.4) is 0 Å². The fourth-order valence-electron chi connectivity index (χ4n) is 5.54. The Morgan fingerprint density at radius 2 is 1.11 bits per heavy atom. The molecule has 5 N–H and O–H groups in total. The zero-order valence-electron chi connectivity index (χ0n) is 30.5. The number of unbranched alkanes of at least 4 members (excludes halogenated alkanes) is 22. The number of nitrogens with two attached hydrogens (primary N) is 1. The first-order valence-corrected chi connectivity index (χ1v) is 21.0. The van der Waals surface area contributed by atoms with Gasteiger partial charge in [-0.1, -0.05) is 154 Å². The number of amides is 1. The molecule has 0 aliphatic carbocycles. The van der Waals surface area contributed by atoms with Crippen molar-refractivity contribution in [1.82, 2.24) is 5.32 Å². The number of aliphatic hydroxyl groups excluding tert-OH is 1. The molecule has 0 rings (SSSR count). The first-order chi connectivity index (χ1) is 22.9. The highest BCUT2D eigenvalue weighted by atomic mass is 31.2. The van der Waals surface area contributed by atoms with Crippen LogP contribution < -0.4 is 11.1 Å². The Bertz CT molecular complexity index is 794. The van der Waals surface area contributed by atoms with Crippen LogP contribution in [0.2, 0.25) is 0 Å². The third kappa shape index (κ3) is 33.3. The van der Waals surface area contributed by atoms with Gasteiger partial charge in [0.1, 0.15) is 0 Å². The Labute approximate surface area is 289 Å². The van der Waals surface area contributed by atoms with E-state index >= 15 is 0 Å². The third-order valence-electron chi connectivity index (χ3n) is 8.52. The van der Waals surface area contributed by atoms with Gasteiger partial charge in [0.05, 0.1) is 25.4 Å². The van der Waals surface area contributed by atoms with E-state index in [1.807, 2.05) is 6.08 Å². The summed E-state index contributed by atoms with van der Waals surface area (Å²) >= 11 is 0. The van der Waals surface area contributed by atoms with Crippen LogP contribution >= 0.6 is 7.82 Å². The molecule has 0 heterocycles. The summed E-state index contributed by atoms with van der Waals surface area (Å²) in [6.45, 7) is 4.11. The van der Waals surface area contributed by atoms with Gasteiger partial charge in [-0.2, -0.15) is 0 Å². The molecule has 0 spiro atoms. The van der Waals surface area contributed by atoms with E-state index in [9.17, 15) is 19.4 Å². The maximum Gasteiger partial charge on any atom is 0.472 e. The highest BCUT2D eigenvalue weighted by molar-refractivity contribution is 7.47. The van der Waals surface area contributed by atoms with Gasteiger partial charge in [0.15, 0.2) is 0 Å². The van der Waals surface area contributed by atoms with Crippen LogP contribution in [0.25, 0.3) is 0 Å². The monoisotopic (exact) mass is 687 g/mol. The van der Waals surface area contributed by atoms with Crippen molar-refractivity contribution in [2.75, 3.05) is 19.8 Å². The number of phosphoric acid groups is 1. The summed E-state index contributed by atoms with van der Waals surface area (Å²) in [7, 11) is -4.33. The summed E-state index contributed by atoms with van der Waals surface area (Å²) in [5, 5.41) is 13.6. The normalized spacial score (nSPS) is 14.6. The summed E-state index contributed by atoms with van der Waals surface area (Å²) in [6.07, 6.45) is 37.9. The van der Waals surface area contributed by atoms with E-state index in [0.717, 1.165) is 51.4 Å². The smallest absolute Gasteiger partial charge is 0.387 e. The predicted molar refractivity (Wildman–Crippen MR) is 198 cm³/mol. The van der Waals surface area contributed by atoms with Crippen LogP contribution in [-0.4, -0.2) is 47.8 Å². The van der Waals surface area contributed by atoms with Crippen molar-refractivity contribution in [2.45, 2.75) is 193 Å². The molecule has 0 aliphatic heterocycles. The largest absolute Gasteiger partial charge is 0.472 e. The summed E-state index contributed by atoms with van der Waals surface area (Å²) in [6, 6.07) is -0.860. The number of hydrogen-bond donors (Lipinski definition) is 4. The molecular weight excluding hydrogens is 611 g/mol. The number of carbonyl (C=O) groups is 1. The summed E-state index contributed by atoms with van der Waals surface area (Å²) in [5.41, 5.74) is 5.35. The van der Waals surface area contributed by atoms with Crippen LogP contribution in [0, 0.1) is 0 Å². The van der Waals surface area contributed by atoms with Gasteiger partial charge in [-0.3, -0.25) is 13.8 Å². The molecule has 0 aromatic rings. The highest BCUT2D eigenvalue weighted by Gasteiger charge is 2.26. The molecule has 1 amide bonds. The fraction of sp³-hybridized carbons (Fsp3) is 0.868. The van der Waals surface area contributed by atoms with Crippen LogP contribution in [0.4, 0.5) is 0 Å². The second-order valence-corrected chi connectivity index (χ2v) is 14.6. The second kappa shape index (κ2) is 34.8. The third-order valence-corrected chi connectivity index (χ3v) is 9.51. The van der Waals surface area contributed by atoms with Gasteiger partial charge in [0, 0.05) is 13.0 Å². The zero-order valence-corrected chi connectivity index (χ0v) is 31.4. The molecule has 0 radical (unpaired) electrons. The lowest BCUT2D eigenvalue weighted by atomic mass is 10.0. The standard InChI is InChI=1S/C38H75N2O6P/c1-3-5-7-9-11-13-15-17-18-20-22-24-26-28-30-32-38(42)40-36(35-46-47(43,44)45-34-33-39)37(41)31-29-27-25-23-21-19-16-14-12-10-8-6-4-2/h17-18,29,31,36-37,41H,3-16,19-28,30,32-35,39H2,1-2H3,(H,40,42)(H,43,44)/b18-17-,31-29+. The Morgan fingerprint density at radius 1 is 0.681 bits per heavy atom. The van der Waals surface area contributed by atoms with Crippen LogP contribution in [-0.2, 0) is 18.4 Å². The van der Waals surface area contributed by atoms with Gasteiger partial charge >= 0.3 is 7.82 Å². The summed E-state index contributed by atoms with van der Waals surface area (Å²) < 4.78 is 22.0. The van der Waals surface area contributed by atoms with Gasteiger partial charge in [-0.15, -0.1) is 0 Å². The Morgan fingerprint density at radius 3 is 1.57 bits per heavy atom. The zero-order chi connectivity index (χ0) is 34.7. The van der Waals surface area contributed by atoms with Crippen molar-refractivity contribution in [1.29, 1.82) is 0 Å². The molecule has 3 atom stereocenters. The van der Waals surface area contributed by atoms with E-state index in [2.05, 4.69) is 31.3 Å². The van der Waals surface area contributed by atoms with Crippen molar-refractivity contribution in [3.8, 4) is 0 Å². The van der Waals surface area contributed by atoms with Crippen LogP contribution in [0.1, 0.15) is 181 Å². The molecule has 8 nitrogen and oxygen atoms in total. The minimum atomic E-state index is -4.33. The van der Waals surface area contributed by atoms with E-state index in [1.165, 1.54) is 109 Å². The lowest BCUT2D eigenvalue weighted by molar-refractivity contribution is -0.123. The number of allylic oxidation sites excluding steroid dienone is 3. The Hall–Kier alpha value is -1.02. The number of phosphoric ester groups is 1. The molecule has 9 heteroatoms. The molecule has 0 saturated heterocycles. The molecule has 0 saturated carbocycles. The van der Waals surface area contributed by atoms with E-state index in [0.29, 0.717) is 6.42 Å². The SMILES string of the molecule is CCCCCCCC/C=C\CCCCCCCC(=O)NC(COP(=O)(O)OCCN)C(O)/C=C/CCCCCCCCCCCCC. The Balaban J connectivity index is 4.31. The maximum absolute atomic E-state index is 12.7. The number of hydrogen-bond acceptors (Lipinski definition) is 6. The molecule has 0 bridgehead atoms. The molecule has 47 heavy (non-hydrogen) atoms. The molecule has 0 aromatic carbocycles. The van der Waals surface area contributed by atoms with Crippen molar-refractivity contribution in [2.24, 2.45) is 5.73 Å².